The van der Waals surface area contributed by atoms with E-state index in [0.29, 0.717) is 0 Å². The number of aryl methyl sites for hydroxylation is 2. The smallest absolute Gasteiger partial charge is 0.188 e. The topological polar surface area (TPSA) is 24.9 Å². The molecular weight excluding hydrogens is 252 g/mol. The third-order valence-corrected chi connectivity index (χ3v) is 4.40. The lowest BCUT2D eigenvalue weighted by atomic mass is 10.1. The Labute approximate surface area is 117 Å². The van der Waals surface area contributed by atoms with Crippen LogP contribution in [-0.4, -0.2) is 4.98 Å². The first-order valence-corrected chi connectivity index (χ1v) is 7.16. The highest BCUT2D eigenvalue weighted by atomic mass is 32.1. The maximum absolute atomic E-state index is 4.69. The number of para-hydroxylation sites is 1. The first-order chi connectivity index (χ1) is 9.15. The molecule has 1 N–H and O–H groups in total. The highest BCUT2D eigenvalue weighted by molar-refractivity contribution is 7.22. The predicted molar refractivity (Wildman–Crippen MR) is 83.6 cm³/mol. The van der Waals surface area contributed by atoms with Gasteiger partial charge in [0.25, 0.3) is 0 Å². The molecule has 3 aromatic rings. The van der Waals surface area contributed by atoms with Crippen LogP contribution in [0, 0.1) is 20.8 Å². The third kappa shape index (κ3) is 2.22. The van der Waals surface area contributed by atoms with E-state index in [0.717, 1.165) is 16.3 Å². The molecule has 3 rings (SSSR count). The molecule has 0 atom stereocenters. The first kappa shape index (κ1) is 12.2. The summed E-state index contributed by atoms with van der Waals surface area (Å²) in [5.41, 5.74) is 6.03. The van der Waals surface area contributed by atoms with Crippen molar-refractivity contribution >= 4 is 32.4 Å². The van der Waals surface area contributed by atoms with Gasteiger partial charge in [0.15, 0.2) is 5.13 Å². The SMILES string of the molecule is Cc1cccc(Nc2nc3c(C)cccc3s2)c1C. The Balaban J connectivity index is 2.02. The van der Waals surface area contributed by atoms with Gasteiger partial charge in [-0.25, -0.2) is 4.98 Å². The fourth-order valence-corrected chi connectivity index (χ4v) is 3.10. The van der Waals surface area contributed by atoms with Crippen LogP contribution in [0.15, 0.2) is 36.4 Å². The largest absolute Gasteiger partial charge is 0.331 e. The lowest BCUT2D eigenvalue weighted by Crippen LogP contribution is -1.93. The van der Waals surface area contributed by atoms with E-state index in [1.807, 2.05) is 0 Å². The van der Waals surface area contributed by atoms with Gasteiger partial charge in [-0.3, -0.25) is 0 Å². The van der Waals surface area contributed by atoms with Gasteiger partial charge in [0.2, 0.25) is 0 Å². The minimum Gasteiger partial charge on any atom is -0.331 e. The molecule has 0 aliphatic rings. The van der Waals surface area contributed by atoms with Gasteiger partial charge in [0, 0.05) is 5.69 Å². The summed E-state index contributed by atoms with van der Waals surface area (Å²) in [7, 11) is 0. The Morgan fingerprint density at radius 3 is 2.47 bits per heavy atom. The van der Waals surface area contributed by atoms with E-state index in [1.165, 1.54) is 21.4 Å². The van der Waals surface area contributed by atoms with Gasteiger partial charge in [-0.2, -0.15) is 0 Å². The van der Waals surface area contributed by atoms with Crippen molar-refractivity contribution in [3.8, 4) is 0 Å². The van der Waals surface area contributed by atoms with E-state index in [1.54, 1.807) is 11.3 Å². The number of fused-ring (bicyclic) bond motifs is 1. The van der Waals surface area contributed by atoms with Crippen molar-refractivity contribution in [2.75, 3.05) is 5.32 Å². The van der Waals surface area contributed by atoms with Crippen molar-refractivity contribution in [3.05, 3.63) is 53.1 Å². The summed E-state index contributed by atoms with van der Waals surface area (Å²) in [5, 5.41) is 4.39. The average molecular weight is 268 g/mol. The average Bonchev–Trinajstić information content (AvgIpc) is 2.79. The molecule has 0 spiro atoms. The van der Waals surface area contributed by atoms with Gasteiger partial charge in [0.1, 0.15) is 0 Å². The molecule has 0 fully saturated rings. The van der Waals surface area contributed by atoms with Crippen molar-refractivity contribution in [2.45, 2.75) is 20.8 Å². The number of anilines is 2. The van der Waals surface area contributed by atoms with E-state index in [-0.39, 0.29) is 0 Å². The molecular formula is C16H16N2S. The van der Waals surface area contributed by atoms with Crippen molar-refractivity contribution in [3.63, 3.8) is 0 Å². The summed E-state index contributed by atoms with van der Waals surface area (Å²) in [4.78, 5) is 4.69. The summed E-state index contributed by atoms with van der Waals surface area (Å²) in [6.45, 7) is 6.36. The standard InChI is InChI=1S/C16H16N2S/c1-10-6-4-8-13(12(10)3)17-16-18-15-11(2)7-5-9-14(15)19-16/h4-9H,1-3H3,(H,17,18). The van der Waals surface area contributed by atoms with Crippen LogP contribution in [0.25, 0.3) is 10.2 Å². The minimum atomic E-state index is 0.956. The van der Waals surface area contributed by atoms with Crippen LogP contribution in [0.5, 0.6) is 0 Å². The lowest BCUT2D eigenvalue weighted by Gasteiger charge is -2.08. The highest BCUT2D eigenvalue weighted by Crippen LogP contribution is 2.31. The van der Waals surface area contributed by atoms with Gasteiger partial charge < -0.3 is 5.32 Å². The Morgan fingerprint density at radius 2 is 1.68 bits per heavy atom. The number of thiazole rings is 1. The Bertz CT molecular complexity index is 744. The second-order valence-corrected chi connectivity index (χ2v) is 5.84. The molecule has 19 heavy (non-hydrogen) atoms. The molecule has 0 unspecified atom stereocenters. The number of nitrogens with zero attached hydrogens (tertiary/aromatic N) is 1. The van der Waals surface area contributed by atoms with Crippen LogP contribution in [0.1, 0.15) is 16.7 Å². The number of hydrogen-bond donors (Lipinski definition) is 1. The number of nitrogens with one attached hydrogen (secondary N) is 1. The molecule has 0 saturated heterocycles. The lowest BCUT2D eigenvalue weighted by molar-refractivity contribution is 1.32. The Morgan fingerprint density at radius 1 is 0.947 bits per heavy atom. The summed E-state index contributed by atoms with van der Waals surface area (Å²) in [6, 6.07) is 12.6. The van der Waals surface area contributed by atoms with E-state index < -0.39 is 0 Å². The molecule has 0 aliphatic heterocycles. The second-order valence-electron chi connectivity index (χ2n) is 4.81. The van der Waals surface area contributed by atoms with Crippen molar-refractivity contribution in [1.29, 1.82) is 0 Å². The predicted octanol–water partition coefficient (Wildman–Crippen LogP) is 4.97. The normalized spacial score (nSPS) is 10.9. The molecule has 0 amide bonds. The van der Waals surface area contributed by atoms with Crippen molar-refractivity contribution in [2.24, 2.45) is 0 Å². The summed E-state index contributed by atoms with van der Waals surface area (Å²) in [6.07, 6.45) is 0. The third-order valence-electron chi connectivity index (χ3n) is 3.47. The molecule has 0 radical (unpaired) electrons. The zero-order chi connectivity index (χ0) is 13.4. The zero-order valence-corrected chi connectivity index (χ0v) is 12.1. The Kier molecular flexibility index (Phi) is 2.99. The molecule has 0 aliphatic carbocycles. The maximum Gasteiger partial charge on any atom is 0.188 e. The summed E-state index contributed by atoms with van der Waals surface area (Å²) < 4.78 is 1.23. The molecule has 0 saturated carbocycles. The summed E-state index contributed by atoms with van der Waals surface area (Å²) in [5.74, 6) is 0. The van der Waals surface area contributed by atoms with E-state index in [9.17, 15) is 0 Å². The quantitative estimate of drug-likeness (QED) is 0.710. The number of benzene rings is 2. The first-order valence-electron chi connectivity index (χ1n) is 6.34. The molecule has 2 nitrogen and oxygen atoms in total. The van der Waals surface area contributed by atoms with Gasteiger partial charge in [-0.05, 0) is 49.6 Å². The zero-order valence-electron chi connectivity index (χ0n) is 11.3. The Hall–Kier alpha value is -1.87. The van der Waals surface area contributed by atoms with E-state index >= 15 is 0 Å². The molecule has 0 bridgehead atoms. The number of hydrogen-bond acceptors (Lipinski definition) is 3. The van der Waals surface area contributed by atoms with Crippen LogP contribution < -0.4 is 5.32 Å². The summed E-state index contributed by atoms with van der Waals surface area (Å²) >= 11 is 1.70. The van der Waals surface area contributed by atoms with Gasteiger partial charge in [-0.1, -0.05) is 35.6 Å². The fraction of sp³-hybridized carbons (Fsp3) is 0.188. The molecule has 1 aromatic heterocycles. The van der Waals surface area contributed by atoms with Crippen LogP contribution in [0.3, 0.4) is 0 Å². The van der Waals surface area contributed by atoms with Crippen LogP contribution >= 0.6 is 11.3 Å². The second kappa shape index (κ2) is 4.67. The van der Waals surface area contributed by atoms with E-state index in [4.69, 9.17) is 0 Å². The highest BCUT2D eigenvalue weighted by Gasteiger charge is 2.07. The van der Waals surface area contributed by atoms with Crippen LogP contribution in [0.2, 0.25) is 0 Å². The minimum absolute atomic E-state index is 0.956. The maximum atomic E-state index is 4.69. The fourth-order valence-electron chi connectivity index (χ4n) is 2.14. The van der Waals surface area contributed by atoms with Gasteiger partial charge in [-0.15, -0.1) is 0 Å². The van der Waals surface area contributed by atoms with Gasteiger partial charge in [0.05, 0.1) is 10.2 Å². The monoisotopic (exact) mass is 268 g/mol. The molecule has 2 aromatic carbocycles. The number of rotatable bonds is 2. The van der Waals surface area contributed by atoms with E-state index in [2.05, 4.69) is 67.5 Å². The van der Waals surface area contributed by atoms with Crippen LogP contribution in [-0.2, 0) is 0 Å². The van der Waals surface area contributed by atoms with Crippen LogP contribution in [0.4, 0.5) is 10.8 Å². The molecule has 1 heterocycles. The van der Waals surface area contributed by atoms with Crippen molar-refractivity contribution < 1.29 is 0 Å². The molecule has 3 heteroatoms. The van der Waals surface area contributed by atoms with Crippen molar-refractivity contribution in [1.82, 2.24) is 4.98 Å². The van der Waals surface area contributed by atoms with Gasteiger partial charge >= 0.3 is 0 Å². The number of aromatic nitrogens is 1. The molecule has 96 valence electrons.